The molecule has 1 aromatic rings. The lowest BCUT2D eigenvalue weighted by molar-refractivity contribution is 0.494. The molecular weight excluding hydrogens is 301 g/mol. The topological polar surface area (TPSA) is 46.2 Å². The van der Waals surface area contributed by atoms with Crippen LogP contribution >= 0.6 is 0 Å². The van der Waals surface area contributed by atoms with Crippen molar-refractivity contribution in [1.82, 2.24) is 4.72 Å². The molecule has 124 valence electrons. The monoisotopic (exact) mass is 327 g/mol. The highest BCUT2D eigenvalue weighted by Gasteiger charge is 2.33. The minimum absolute atomic E-state index is 0.287. The van der Waals surface area contributed by atoms with Crippen LogP contribution in [0.25, 0.3) is 0 Å². The highest BCUT2D eigenvalue weighted by Crippen LogP contribution is 2.37. The molecule has 0 spiro atoms. The Morgan fingerprint density at radius 1 is 1.32 bits per heavy atom. The summed E-state index contributed by atoms with van der Waals surface area (Å²) >= 11 is 0. The van der Waals surface area contributed by atoms with E-state index >= 15 is 0 Å². The summed E-state index contributed by atoms with van der Waals surface area (Å²) in [6, 6.07) is 4.28. The minimum Gasteiger partial charge on any atom is -0.212 e. The van der Waals surface area contributed by atoms with Gasteiger partial charge in [-0.1, -0.05) is 18.9 Å². The Labute approximate surface area is 133 Å². The second-order valence-electron chi connectivity index (χ2n) is 7.31. The molecule has 0 saturated heterocycles. The summed E-state index contributed by atoms with van der Waals surface area (Å²) < 4.78 is 40.3. The molecule has 22 heavy (non-hydrogen) atoms. The molecule has 5 heteroatoms. The number of rotatable bonds is 6. The number of hydrogen-bond donors (Lipinski definition) is 1. The number of halogens is 1. The standard InChI is InChI=1S/C17H26FNO2S/c1-12-11-14(18)8-9-15(12)16(10-7-13-5-6-13)19-22(20,21)17(2,3)4/h8-9,11,13,16,19H,5-7,10H2,1-4H3/t16-/m0/s1. The predicted molar refractivity (Wildman–Crippen MR) is 87.6 cm³/mol. The Hall–Kier alpha value is -0.940. The zero-order valence-corrected chi connectivity index (χ0v) is 14.6. The normalized spacial score (nSPS) is 17.5. The molecule has 0 aromatic heterocycles. The number of sulfonamides is 1. The Kier molecular flexibility index (Phi) is 4.97. The van der Waals surface area contributed by atoms with Crippen LogP contribution < -0.4 is 4.72 Å². The van der Waals surface area contributed by atoms with E-state index in [1.165, 1.54) is 25.0 Å². The molecule has 0 bridgehead atoms. The number of benzene rings is 1. The fourth-order valence-electron chi connectivity index (χ4n) is 2.48. The highest BCUT2D eigenvalue weighted by atomic mass is 32.2. The second kappa shape index (κ2) is 6.28. The summed E-state index contributed by atoms with van der Waals surface area (Å²) in [4.78, 5) is 0. The third-order valence-electron chi connectivity index (χ3n) is 4.27. The fraction of sp³-hybridized carbons (Fsp3) is 0.647. The summed E-state index contributed by atoms with van der Waals surface area (Å²) in [6.45, 7) is 6.88. The van der Waals surface area contributed by atoms with Crippen molar-refractivity contribution >= 4 is 10.0 Å². The summed E-state index contributed by atoms with van der Waals surface area (Å²) in [5.41, 5.74) is 1.66. The van der Waals surface area contributed by atoms with Gasteiger partial charge in [0.2, 0.25) is 10.0 Å². The molecular formula is C17H26FNO2S. The van der Waals surface area contributed by atoms with E-state index in [0.29, 0.717) is 0 Å². The van der Waals surface area contributed by atoms with Crippen LogP contribution in [-0.2, 0) is 10.0 Å². The molecule has 1 N–H and O–H groups in total. The number of aryl methyl sites for hydroxylation is 1. The molecule has 1 aliphatic rings. The van der Waals surface area contributed by atoms with Crippen LogP contribution in [0.1, 0.15) is 63.6 Å². The molecule has 1 saturated carbocycles. The van der Waals surface area contributed by atoms with Crippen LogP contribution in [0.3, 0.4) is 0 Å². The van der Waals surface area contributed by atoms with Crippen molar-refractivity contribution in [3.05, 3.63) is 35.1 Å². The molecule has 2 rings (SSSR count). The first kappa shape index (κ1) is 17.4. The molecule has 0 amide bonds. The van der Waals surface area contributed by atoms with Crippen LogP contribution in [0.2, 0.25) is 0 Å². The van der Waals surface area contributed by atoms with E-state index < -0.39 is 14.8 Å². The average molecular weight is 327 g/mol. The van der Waals surface area contributed by atoms with Gasteiger partial charge in [0.15, 0.2) is 0 Å². The molecule has 1 fully saturated rings. The first-order valence-electron chi connectivity index (χ1n) is 7.88. The average Bonchev–Trinajstić information content (AvgIpc) is 3.17. The van der Waals surface area contributed by atoms with Crippen LogP contribution in [0, 0.1) is 18.7 Å². The predicted octanol–water partition coefficient (Wildman–Crippen LogP) is 4.08. The summed E-state index contributed by atoms with van der Waals surface area (Å²) in [5, 5.41) is 0. The van der Waals surface area contributed by atoms with Crippen LogP contribution in [-0.4, -0.2) is 13.2 Å². The molecule has 0 aliphatic heterocycles. The van der Waals surface area contributed by atoms with Crippen molar-refractivity contribution in [2.75, 3.05) is 0 Å². The first-order valence-corrected chi connectivity index (χ1v) is 9.36. The maximum Gasteiger partial charge on any atom is 0.217 e. The lowest BCUT2D eigenvalue weighted by atomic mass is 9.97. The molecule has 1 aliphatic carbocycles. The summed E-state index contributed by atoms with van der Waals surface area (Å²) in [7, 11) is -3.44. The zero-order valence-electron chi connectivity index (χ0n) is 13.8. The minimum atomic E-state index is -3.44. The Morgan fingerprint density at radius 2 is 1.95 bits per heavy atom. The van der Waals surface area contributed by atoms with Gasteiger partial charge in [0.25, 0.3) is 0 Å². The zero-order chi connectivity index (χ0) is 16.5. The first-order chi connectivity index (χ1) is 10.1. The van der Waals surface area contributed by atoms with Crippen molar-refractivity contribution in [2.45, 2.75) is 64.2 Å². The van der Waals surface area contributed by atoms with E-state index in [0.717, 1.165) is 29.9 Å². The number of nitrogens with one attached hydrogen (secondary N) is 1. The lowest BCUT2D eigenvalue weighted by Gasteiger charge is -2.26. The van der Waals surface area contributed by atoms with Gasteiger partial charge in [-0.15, -0.1) is 0 Å². The highest BCUT2D eigenvalue weighted by molar-refractivity contribution is 7.90. The maximum atomic E-state index is 13.3. The molecule has 0 heterocycles. The van der Waals surface area contributed by atoms with Crippen molar-refractivity contribution in [3.8, 4) is 0 Å². The van der Waals surface area contributed by atoms with Crippen molar-refractivity contribution < 1.29 is 12.8 Å². The van der Waals surface area contributed by atoms with Gasteiger partial charge in [-0.2, -0.15) is 0 Å². The van der Waals surface area contributed by atoms with Gasteiger partial charge in [0.1, 0.15) is 5.82 Å². The second-order valence-corrected chi connectivity index (χ2v) is 9.78. The largest absolute Gasteiger partial charge is 0.217 e. The van der Waals surface area contributed by atoms with Gasteiger partial charge >= 0.3 is 0 Å². The number of hydrogen-bond acceptors (Lipinski definition) is 2. The van der Waals surface area contributed by atoms with E-state index in [2.05, 4.69) is 4.72 Å². The van der Waals surface area contributed by atoms with E-state index in [-0.39, 0.29) is 11.9 Å². The van der Waals surface area contributed by atoms with Crippen molar-refractivity contribution in [3.63, 3.8) is 0 Å². The van der Waals surface area contributed by atoms with Gasteiger partial charge in [0.05, 0.1) is 4.75 Å². The van der Waals surface area contributed by atoms with Crippen LogP contribution in [0.15, 0.2) is 18.2 Å². The molecule has 1 atom stereocenters. The quantitative estimate of drug-likeness (QED) is 0.855. The summed E-state index contributed by atoms with van der Waals surface area (Å²) in [6.07, 6.45) is 4.24. The van der Waals surface area contributed by atoms with Gasteiger partial charge < -0.3 is 0 Å². The maximum absolute atomic E-state index is 13.3. The third-order valence-corrected chi connectivity index (χ3v) is 6.48. The van der Waals surface area contributed by atoms with Crippen molar-refractivity contribution in [2.24, 2.45) is 5.92 Å². The van der Waals surface area contributed by atoms with Gasteiger partial charge in [-0.3, -0.25) is 0 Å². The van der Waals surface area contributed by atoms with E-state index in [1.54, 1.807) is 26.8 Å². The molecule has 0 radical (unpaired) electrons. The van der Waals surface area contributed by atoms with E-state index in [4.69, 9.17) is 0 Å². The molecule has 0 unspecified atom stereocenters. The Bertz CT molecular complexity index is 631. The van der Waals surface area contributed by atoms with Crippen molar-refractivity contribution in [1.29, 1.82) is 0 Å². The van der Waals surface area contributed by atoms with E-state index in [1.807, 2.05) is 6.92 Å². The molecule has 3 nitrogen and oxygen atoms in total. The smallest absolute Gasteiger partial charge is 0.212 e. The fourth-order valence-corrected chi connectivity index (χ4v) is 3.45. The van der Waals surface area contributed by atoms with Gasteiger partial charge in [-0.25, -0.2) is 17.5 Å². The Balaban J connectivity index is 2.25. The lowest BCUT2D eigenvalue weighted by Crippen LogP contribution is -2.41. The summed E-state index contributed by atoms with van der Waals surface area (Å²) in [5.74, 6) is 0.434. The van der Waals surface area contributed by atoms with Gasteiger partial charge in [0, 0.05) is 6.04 Å². The SMILES string of the molecule is Cc1cc(F)ccc1[C@H](CCC1CC1)NS(=O)(=O)C(C)(C)C. The van der Waals surface area contributed by atoms with Gasteiger partial charge in [-0.05, 0) is 69.7 Å². The molecule has 1 aromatic carbocycles. The third kappa shape index (κ3) is 4.29. The Morgan fingerprint density at radius 3 is 2.45 bits per heavy atom. The van der Waals surface area contributed by atoms with Crippen LogP contribution in [0.5, 0.6) is 0 Å². The van der Waals surface area contributed by atoms with Crippen LogP contribution in [0.4, 0.5) is 4.39 Å². The van der Waals surface area contributed by atoms with E-state index in [9.17, 15) is 12.8 Å².